The second kappa shape index (κ2) is 7.93. The summed E-state index contributed by atoms with van der Waals surface area (Å²) in [5.41, 5.74) is 1.51. The third-order valence-electron chi connectivity index (χ3n) is 6.36. The number of ether oxygens (including phenoxy) is 4. The van der Waals surface area contributed by atoms with Gasteiger partial charge in [-0.05, 0) is 50.6 Å². The first-order chi connectivity index (χ1) is 15.6. The first-order valence-electron chi connectivity index (χ1n) is 10.8. The standard InChI is InChI=1S/C23H27NO8S/c1-12-4-7-14(8-5-12)33(27,28)24-18-17(13-6-9-15-16(10-13)30-11-29-15)19(25)20(26)22-21(18)31-23(2,3)32-22/h4-10,17-22,24-26H,11H2,1-3H3/t17-,18-,19+,20+,21+,22-/m1/s1. The van der Waals surface area contributed by atoms with Crippen LogP contribution in [0.5, 0.6) is 11.5 Å². The fourth-order valence-electron chi connectivity index (χ4n) is 4.81. The minimum absolute atomic E-state index is 0.0773. The number of hydrogen-bond acceptors (Lipinski definition) is 8. The van der Waals surface area contributed by atoms with Gasteiger partial charge in [0.1, 0.15) is 18.3 Å². The average molecular weight is 478 g/mol. The Kier molecular flexibility index (Phi) is 5.43. The molecule has 3 N–H and O–H groups in total. The van der Waals surface area contributed by atoms with E-state index in [2.05, 4.69) is 4.72 Å². The van der Waals surface area contributed by atoms with Crippen molar-refractivity contribution in [1.29, 1.82) is 0 Å². The highest BCUT2D eigenvalue weighted by Crippen LogP contribution is 2.45. The van der Waals surface area contributed by atoms with Crippen LogP contribution < -0.4 is 14.2 Å². The summed E-state index contributed by atoms with van der Waals surface area (Å²) in [5, 5.41) is 22.0. The van der Waals surface area contributed by atoms with Gasteiger partial charge >= 0.3 is 0 Å². The molecule has 0 bridgehead atoms. The average Bonchev–Trinajstić information content (AvgIpc) is 3.35. The molecule has 0 spiro atoms. The maximum absolute atomic E-state index is 13.3. The Labute approximate surface area is 192 Å². The molecule has 9 nitrogen and oxygen atoms in total. The maximum Gasteiger partial charge on any atom is 0.240 e. The van der Waals surface area contributed by atoms with E-state index in [9.17, 15) is 18.6 Å². The van der Waals surface area contributed by atoms with Crippen molar-refractivity contribution >= 4 is 10.0 Å². The first kappa shape index (κ1) is 22.6. The third-order valence-corrected chi connectivity index (χ3v) is 7.84. The van der Waals surface area contributed by atoms with E-state index in [1.165, 1.54) is 12.1 Å². The van der Waals surface area contributed by atoms with Crippen LogP contribution in [-0.4, -0.2) is 61.7 Å². The van der Waals surface area contributed by atoms with Crippen LogP contribution in [0.1, 0.15) is 30.9 Å². The predicted octanol–water partition coefficient (Wildman–Crippen LogP) is 1.41. The van der Waals surface area contributed by atoms with Gasteiger partial charge in [-0.1, -0.05) is 23.8 Å². The van der Waals surface area contributed by atoms with E-state index in [1.54, 1.807) is 44.2 Å². The molecule has 1 saturated carbocycles. The minimum Gasteiger partial charge on any atom is -0.454 e. The molecule has 1 saturated heterocycles. The van der Waals surface area contributed by atoms with Gasteiger partial charge in [0, 0.05) is 5.92 Å². The monoisotopic (exact) mass is 477 g/mol. The van der Waals surface area contributed by atoms with Crippen molar-refractivity contribution in [3.63, 3.8) is 0 Å². The first-order valence-corrected chi connectivity index (χ1v) is 12.2. The lowest BCUT2D eigenvalue weighted by molar-refractivity contribution is -0.159. The van der Waals surface area contributed by atoms with Crippen LogP contribution in [0.4, 0.5) is 0 Å². The second-order valence-corrected chi connectivity index (χ2v) is 10.9. The van der Waals surface area contributed by atoms with Gasteiger partial charge in [-0.25, -0.2) is 13.1 Å². The zero-order valence-electron chi connectivity index (χ0n) is 18.5. The van der Waals surface area contributed by atoms with E-state index >= 15 is 0 Å². The van der Waals surface area contributed by atoms with Gasteiger partial charge < -0.3 is 29.2 Å². The molecule has 0 amide bonds. The number of aliphatic hydroxyl groups is 2. The number of fused-ring (bicyclic) bond motifs is 2. The van der Waals surface area contributed by atoms with Crippen molar-refractivity contribution in [2.24, 2.45) is 0 Å². The number of rotatable bonds is 4. The summed E-state index contributed by atoms with van der Waals surface area (Å²) in [6, 6.07) is 10.7. The Morgan fingerprint density at radius 2 is 1.61 bits per heavy atom. The van der Waals surface area contributed by atoms with E-state index < -0.39 is 52.2 Å². The topological polar surface area (TPSA) is 124 Å². The molecule has 10 heteroatoms. The van der Waals surface area contributed by atoms with E-state index in [-0.39, 0.29) is 11.7 Å². The molecular formula is C23H27NO8S. The summed E-state index contributed by atoms with van der Waals surface area (Å²) in [7, 11) is -3.98. The van der Waals surface area contributed by atoms with E-state index in [4.69, 9.17) is 18.9 Å². The molecule has 0 aromatic heterocycles. The molecule has 5 rings (SSSR count). The Morgan fingerprint density at radius 3 is 2.33 bits per heavy atom. The molecule has 2 aromatic rings. The van der Waals surface area contributed by atoms with Crippen molar-refractivity contribution < 1.29 is 37.6 Å². The number of nitrogens with one attached hydrogen (secondary N) is 1. The molecular weight excluding hydrogens is 450 g/mol. The van der Waals surface area contributed by atoms with E-state index in [0.717, 1.165) is 5.56 Å². The highest BCUT2D eigenvalue weighted by molar-refractivity contribution is 7.89. The Hall–Kier alpha value is -2.21. The zero-order valence-corrected chi connectivity index (χ0v) is 19.3. The van der Waals surface area contributed by atoms with Crippen molar-refractivity contribution in [1.82, 2.24) is 4.72 Å². The fourth-order valence-corrected chi connectivity index (χ4v) is 6.08. The number of aryl methyl sites for hydroxylation is 1. The quantitative estimate of drug-likeness (QED) is 0.604. The van der Waals surface area contributed by atoms with Crippen molar-refractivity contribution in [3.05, 3.63) is 53.6 Å². The zero-order chi connectivity index (χ0) is 23.5. The highest BCUT2D eigenvalue weighted by atomic mass is 32.2. The third kappa shape index (κ3) is 4.01. The normalized spacial score (nSPS) is 32.5. The predicted molar refractivity (Wildman–Crippen MR) is 116 cm³/mol. The molecule has 2 heterocycles. The lowest BCUT2D eigenvalue weighted by Crippen LogP contribution is -2.63. The van der Waals surface area contributed by atoms with Gasteiger partial charge in [0.25, 0.3) is 0 Å². The molecule has 3 aliphatic rings. The van der Waals surface area contributed by atoms with Crippen LogP contribution in [0, 0.1) is 6.92 Å². The molecule has 2 fully saturated rings. The highest BCUT2D eigenvalue weighted by Gasteiger charge is 2.58. The van der Waals surface area contributed by atoms with Gasteiger partial charge in [0.2, 0.25) is 16.8 Å². The van der Waals surface area contributed by atoms with Crippen molar-refractivity contribution in [2.75, 3.05) is 6.79 Å². The number of hydrogen-bond donors (Lipinski definition) is 3. The molecule has 1 aliphatic carbocycles. The van der Waals surface area contributed by atoms with Crippen molar-refractivity contribution in [3.8, 4) is 11.5 Å². The Balaban J connectivity index is 1.57. The Bertz CT molecular complexity index is 1150. The second-order valence-electron chi connectivity index (χ2n) is 9.14. The summed E-state index contributed by atoms with van der Waals surface area (Å²) in [6.07, 6.45) is -4.36. The summed E-state index contributed by atoms with van der Waals surface area (Å²) in [4.78, 5) is 0.0906. The minimum atomic E-state index is -3.98. The molecule has 2 aromatic carbocycles. The van der Waals surface area contributed by atoms with Gasteiger partial charge in [-0.15, -0.1) is 0 Å². The van der Waals surface area contributed by atoms with Gasteiger partial charge in [-0.3, -0.25) is 0 Å². The SMILES string of the molecule is Cc1ccc(S(=O)(=O)N[C@H]2[C@@H]3OC(C)(C)O[C@@H]3[C@@H](O)[C@@H](O)[C@@H]2c2ccc3c(c2)OCO3)cc1. The molecule has 6 atom stereocenters. The molecule has 2 aliphatic heterocycles. The summed E-state index contributed by atoms with van der Waals surface area (Å²) in [5.74, 6) is -0.859. The number of benzene rings is 2. The Morgan fingerprint density at radius 1 is 0.939 bits per heavy atom. The van der Waals surface area contributed by atoms with Crippen LogP contribution in [0.15, 0.2) is 47.4 Å². The lowest BCUT2D eigenvalue weighted by Gasteiger charge is -2.44. The number of aliphatic hydroxyl groups excluding tert-OH is 2. The summed E-state index contributed by atoms with van der Waals surface area (Å²) in [6.45, 7) is 5.32. The molecule has 0 unspecified atom stereocenters. The lowest BCUT2D eigenvalue weighted by atomic mass is 9.74. The number of sulfonamides is 1. The van der Waals surface area contributed by atoms with Crippen molar-refractivity contribution in [2.45, 2.75) is 67.8 Å². The van der Waals surface area contributed by atoms with Crippen LogP contribution in [-0.2, 0) is 19.5 Å². The molecule has 33 heavy (non-hydrogen) atoms. The van der Waals surface area contributed by atoms with Crippen LogP contribution in [0.25, 0.3) is 0 Å². The van der Waals surface area contributed by atoms with E-state index in [1.807, 2.05) is 6.92 Å². The van der Waals surface area contributed by atoms with Gasteiger partial charge in [-0.2, -0.15) is 0 Å². The van der Waals surface area contributed by atoms with Crippen LogP contribution in [0.3, 0.4) is 0 Å². The van der Waals surface area contributed by atoms with Gasteiger partial charge in [0.05, 0.1) is 17.0 Å². The smallest absolute Gasteiger partial charge is 0.240 e. The van der Waals surface area contributed by atoms with Gasteiger partial charge in [0.15, 0.2) is 17.3 Å². The summed E-state index contributed by atoms with van der Waals surface area (Å²) >= 11 is 0. The fraction of sp³-hybridized carbons (Fsp3) is 0.478. The summed E-state index contributed by atoms with van der Waals surface area (Å²) < 4.78 is 52.1. The molecule has 178 valence electrons. The van der Waals surface area contributed by atoms with E-state index in [0.29, 0.717) is 17.1 Å². The van der Waals surface area contributed by atoms with Crippen LogP contribution >= 0.6 is 0 Å². The molecule has 0 radical (unpaired) electrons. The largest absolute Gasteiger partial charge is 0.454 e. The maximum atomic E-state index is 13.3. The van der Waals surface area contributed by atoms with Crippen LogP contribution in [0.2, 0.25) is 0 Å².